The van der Waals surface area contributed by atoms with E-state index in [1.54, 1.807) is 11.8 Å². The van der Waals surface area contributed by atoms with Gasteiger partial charge in [-0.2, -0.15) is 0 Å². The molecular formula is C21H26N4OS. The molecule has 5 nitrogen and oxygen atoms in total. The molecule has 3 aliphatic heterocycles. The van der Waals surface area contributed by atoms with Crippen molar-refractivity contribution in [3.8, 4) is 0 Å². The van der Waals surface area contributed by atoms with E-state index >= 15 is 0 Å². The lowest BCUT2D eigenvalue weighted by atomic mass is 9.77. The molecule has 3 aliphatic rings. The summed E-state index contributed by atoms with van der Waals surface area (Å²) in [6.45, 7) is 2.26. The normalized spacial score (nSPS) is 26.6. The Morgan fingerprint density at radius 2 is 2.00 bits per heavy atom. The van der Waals surface area contributed by atoms with Crippen LogP contribution in [0.4, 0.5) is 10.5 Å². The summed E-state index contributed by atoms with van der Waals surface area (Å²) >= 11 is 1.70. The van der Waals surface area contributed by atoms with Gasteiger partial charge in [0.25, 0.3) is 0 Å². The number of aromatic nitrogens is 1. The number of anilines is 1. The molecule has 1 aromatic carbocycles. The fraction of sp³-hybridized carbons (Fsp3) is 0.429. The first-order valence-electron chi connectivity index (χ1n) is 9.57. The lowest BCUT2D eigenvalue weighted by molar-refractivity contribution is 0.0184. The first-order chi connectivity index (χ1) is 13.2. The van der Waals surface area contributed by atoms with E-state index in [0.29, 0.717) is 12.0 Å². The Morgan fingerprint density at radius 3 is 2.67 bits per heavy atom. The number of amides is 2. The second-order valence-electron chi connectivity index (χ2n) is 7.36. The molecule has 0 spiro atoms. The van der Waals surface area contributed by atoms with E-state index in [0.717, 1.165) is 38.0 Å². The average Bonchev–Trinajstić information content (AvgIpc) is 2.72. The number of hydrogen-bond donors (Lipinski definition) is 2. The number of carbonyl (C=O) groups excluding carboxylic acids is 1. The fourth-order valence-corrected chi connectivity index (χ4v) is 4.78. The van der Waals surface area contributed by atoms with Crippen molar-refractivity contribution in [3.05, 3.63) is 54.4 Å². The number of nitrogens with zero attached hydrogens (tertiary/aromatic N) is 2. The number of piperidine rings is 3. The Morgan fingerprint density at radius 1 is 1.22 bits per heavy atom. The van der Waals surface area contributed by atoms with Crippen molar-refractivity contribution in [2.24, 2.45) is 5.92 Å². The fourth-order valence-electron chi connectivity index (χ4n) is 4.37. The molecule has 1 aromatic heterocycles. The smallest absolute Gasteiger partial charge is 0.319 e. The Balaban J connectivity index is 1.43. The zero-order valence-electron chi connectivity index (χ0n) is 15.6. The molecule has 0 radical (unpaired) electrons. The highest BCUT2D eigenvalue weighted by molar-refractivity contribution is 7.98. The second-order valence-corrected chi connectivity index (χ2v) is 8.24. The molecule has 2 atom stereocenters. The molecule has 2 unspecified atom stereocenters. The van der Waals surface area contributed by atoms with Crippen molar-refractivity contribution in [1.82, 2.24) is 15.2 Å². The highest BCUT2D eigenvalue weighted by Gasteiger charge is 2.42. The highest BCUT2D eigenvalue weighted by atomic mass is 32.2. The SMILES string of the molecule is CSc1ccc(NC(=O)NC2C3CCN(CC3)C2Cc2cccnc2)cc1. The maximum atomic E-state index is 12.7. The van der Waals surface area contributed by atoms with Crippen LogP contribution in [0.5, 0.6) is 0 Å². The number of benzene rings is 1. The van der Waals surface area contributed by atoms with Crippen LogP contribution < -0.4 is 10.6 Å². The lowest BCUT2D eigenvalue weighted by Gasteiger charge is -2.51. The number of hydrogen-bond acceptors (Lipinski definition) is 4. The Kier molecular flexibility index (Phi) is 5.64. The average molecular weight is 383 g/mol. The van der Waals surface area contributed by atoms with E-state index < -0.39 is 0 Å². The molecule has 142 valence electrons. The summed E-state index contributed by atoms with van der Waals surface area (Å²) in [5.74, 6) is 0.557. The van der Waals surface area contributed by atoms with Gasteiger partial charge in [-0.05, 0) is 80.4 Å². The minimum Gasteiger partial charge on any atom is -0.333 e. The summed E-state index contributed by atoms with van der Waals surface area (Å²) in [5.41, 5.74) is 2.06. The van der Waals surface area contributed by atoms with Crippen molar-refractivity contribution in [2.45, 2.75) is 36.2 Å². The number of urea groups is 1. The maximum absolute atomic E-state index is 12.7. The minimum absolute atomic E-state index is 0.109. The largest absolute Gasteiger partial charge is 0.333 e. The Labute approximate surface area is 164 Å². The van der Waals surface area contributed by atoms with Gasteiger partial charge in [0.2, 0.25) is 0 Å². The van der Waals surface area contributed by atoms with E-state index in [-0.39, 0.29) is 12.1 Å². The van der Waals surface area contributed by atoms with Crippen molar-refractivity contribution < 1.29 is 4.79 Å². The number of nitrogens with one attached hydrogen (secondary N) is 2. The van der Waals surface area contributed by atoms with Gasteiger partial charge in [0.15, 0.2) is 0 Å². The molecule has 6 heteroatoms. The van der Waals surface area contributed by atoms with E-state index in [2.05, 4.69) is 26.6 Å². The zero-order valence-corrected chi connectivity index (χ0v) is 16.4. The Bertz CT molecular complexity index is 760. The summed E-state index contributed by atoms with van der Waals surface area (Å²) in [7, 11) is 0. The van der Waals surface area contributed by atoms with Gasteiger partial charge in [0, 0.05) is 35.1 Å². The number of rotatable bonds is 5. The van der Waals surface area contributed by atoms with Gasteiger partial charge in [-0.25, -0.2) is 4.79 Å². The van der Waals surface area contributed by atoms with Gasteiger partial charge in [0.1, 0.15) is 0 Å². The zero-order chi connectivity index (χ0) is 18.6. The summed E-state index contributed by atoms with van der Waals surface area (Å²) in [4.78, 5) is 20.6. The van der Waals surface area contributed by atoms with Crippen molar-refractivity contribution in [3.63, 3.8) is 0 Å². The highest BCUT2D eigenvalue weighted by Crippen LogP contribution is 2.34. The van der Waals surface area contributed by atoms with Gasteiger partial charge in [-0.3, -0.25) is 9.88 Å². The van der Waals surface area contributed by atoms with Crippen LogP contribution >= 0.6 is 11.8 Å². The predicted octanol–water partition coefficient (Wildman–Crippen LogP) is 3.63. The van der Waals surface area contributed by atoms with E-state index in [1.807, 2.05) is 49.0 Å². The predicted molar refractivity (Wildman–Crippen MR) is 110 cm³/mol. The van der Waals surface area contributed by atoms with Crippen LogP contribution in [0.1, 0.15) is 18.4 Å². The van der Waals surface area contributed by atoms with Crippen molar-refractivity contribution >= 4 is 23.5 Å². The molecule has 3 fully saturated rings. The first kappa shape index (κ1) is 18.3. The lowest BCUT2D eigenvalue weighted by Crippen LogP contribution is -2.64. The summed E-state index contributed by atoms with van der Waals surface area (Å²) in [5, 5.41) is 6.27. The molecule has 27 heavy (non-hydrogen) atoms. The third-order valence-corrected chi connectivity index (χ3v) is 6.52. The third kappa shape index (κ3) is 4.28. The van der Waals surface area contributed by atoms with Crippen LogP contribution in [0, 0.1) is 5.92 Å². The molecule has 5 rings (SSSR count). The first-order valence-corrected chi connectivity index (χ1v) is 10.8. The summed E-state index contributed by atoms with van der Waals surface area (Å²) < 4.78 is 0. The van der Waals surface area contributed by atoms with Gasteiger partial charge in [0.05, 0.1) is 0 Å². The number of carbonyl (C=O) groups is 1. The molecule has 2 bridgehead atoms. The van der Waals surface area contributed by atoms with Crippen LogP contribution in [-0.4, -0.2) is 47.3 Å². The monoisotopic (exact) mass is 382 g/mol. The van der Waals surface area contributed by atoms with E-state index in [4.69, 9.17) is 0 Å². The van der Waals surface area contributed by atoms with Crippen LogP contribution in [0.3, 0.4) is 0 Å². The molecular weight excluding hydrogens is 356 g/mol. The van der Waals surface area contributed by atoms with Crippen LogP contribution in [0.25, 0.3) is 0 Å². The van der Waals surface area contributed by atoms with Gasteiger partial charge in [-0.15, -0.1) is 11.8 Å². The molecule has 2 amide bonds. The standard InChI is InChI=1S/C21H26N4OS/c1-27-18-6-4-17(5-7-18)23-21(26)24-20-16-8-11-25(12-9-16)19(20)13-15-3-2-10-22-14-15/h2-7,10,14,16,19-20H,8-9,11-13H2,1H3,(H2,23,24,26). The van der Waals surface area contributed by atoms with Crippen molar-refractivity contribution in [2.75, 3.05) is 24.7 Å². The second kappa shape index (κ2) is 8.31. The van der Waals surface area contributed by atoms with Crippen LogP contribution in [0.2, 0.25) is 0 Å². The molecule has 0 aliphatic carbocycles. The number of pyridine rings is 1. The van der Waals surface area contributed by atoms with E-state index in [1.165, 1.54) is 10.5 Å². The van der Waals surface area contributed by atoms with Gasteiger partial charge in [-0.1, -0.05) is 6.07 Å². The van der Waals surface area contributed by atoms with Crippen LogP contribution in [-0.2, 0) is 6.42 Å². The number of fused-ring (bicyclic) bond motifs is 3. The third-order valence-electron chi connectivity index (χ3n) is 5.78. The summed E-state index contributed by atoms with van der Waals surface area (Å²) in [6, 6.07) is 12.5. The molecule has 4 heterocycles. The van der Waals surface area contributed by atoms with Gasteiger partial charge < -0.3 is 10.6 Å². The maximum Gasteiger partial charge on any atom is 0.319 e. The van der Waals surface area contributed by atoms with Crippen molar-refractivity contribution in [1.29, 1.82) is 0 Å². The molecule has 3 saturated heterocycles. The topological polar surface area (TPSA) is 57.3 Å². The van der Waals surface area contributed by atoms with E-state index in [9.17, 15) is 4.79 Å². The van der Waals surface area contributed by atoms with Crippen LogP contribution in [0.15, 0.2) is 53.7 Å². The molecule has 0 saturated carbocycles. The van der Waals surface area contributed by atoms with Gasteiger partial charge >= 0.3 is 6.03 Å². The summed E-state index contributed by atoms with van der Waals surface area (Å²) in [6.07, 6.45) is 9.05. The quantitative estimate of drug-likeness (QED) is 0.776. The Hall–Kier alpha value is -2.05. The number of thioether (sulfide) groups is 1. The minimum atomic E-state index is -0.109. The molecule has 2 aromatic rings. The molecule has 2 N–H and O–H groups in total.